The van der Waals surface area contributed by atoms with Crippen molar-refractivity contribution in [1.29, 1.82) is 0 Å². The van der Waals surface area contributed by atoms with E-state index in [1.54, 1.807) is 24.3 Å². The maximum atomic E-state index is 12.4. The number of nitrogens with zero attached hydrogens (tertiary/aromatic N) is 1. The third-order valence-corrected chi connectivity index (χ3v) is 5.87. The lowest BCUT2D eigenvalue weighted by molar-refractivity contribution is 0.0901. The maximum absolute atomic E-state index is 12.4. The van der Waals surface area contributed by atoms with Gasteiger partial charge in [0.2, 0.25) is 0 Å². The number of amides is 1. The molecule has 1 heterocycles. The summed E-state index contributed by atoms with van der Waals surface area (Å²) >= 11 is 0. The monoisotopic (exact) mass is 451 g/mol. The number of nitrogens with two attached hydrogens (primary N) is 1. The van der Waals surface area contributed by atoms with Gasteiger partial charge in [-0.1, -0.05) is 19.1 Å². The molecule has 30 heavy (non-hydrogen) atoms. The summed E-state index contributed by atoms with van der Waals surface area (Å²) < 4.78 is 6.14. The first-order valence-corrected chi connectivity index (χ1v) is 10.2. The summed E-state index contributed by atoms with van der Waals surface area (Å²) in [4.78, 5) is 15.0. The van der Waals surface area contributed by atoms with Gasteiger partial charge in [0.05, 0.1) is 11.4 Å². The highest BCUT2D eigenvalue weighted by molar-refractivity contribution is 6.05. The van der Waals surface area contributed by atoms with Gasteiger partial charge in [-0.3, -0.25) is 4.79 Å². The molecule has 1 saturated carbocycles. The minimum atomic E-state index is -0.175. The van der Waals surface area contributed by atoms with Gasteiger partial charge < -0.3 is 20.7 Å². The van der Waals surface area contributed by atoms with Crippen LogP contribution in [-0.2, 0) is 0 Å². The fraction of sp³-hybridized carbons (Fsp3) is 0.435. The molecule has 0 atom stereocenters. The Balaban J connectivity index is 0.00000160. The van der Waals surface area contributed by atoms with Crippen LogP contribution in [0, 0.1) is 5.41 Å². The van der Waals surface area contributed by atoms with Gasteiger partial charge in [-0.15, -0.1) is 24.8 Å². The lowest BCUT2D eigenvalue weighted by Gasteiger charge is -2.33. The number of anilines is 2. The van der Waals surface area contributed by atoms with Gasteiger partial charge in [-0.05, 0) is 67.5 Å². The molecular formula is C23H31Cl2N3O2. The Morgan fingerprint density at radius 1 is 1.10 bits per heavy atom. The number of nitrogen functional groups attached to an aromatic ring is 1. The molecule has 2 aromatic carbocycles. The number of hydrogen-bond donors (Lipinski definition) is 2. The molecule has 2 aromatic rings. The van der Waals surface area contributed by atoms with Gasteiger partial charge in [0.1, 0.15) is 11.9 Å². The highest BCUT2D eigenvalue weighted by atomic mass is 35.5. The first-order valence-electron chi connectivity index (χ1n) is 10.2. The van der Waals surface area contributed by atoms with Crippen LogP contribution in [0.15, 0.2) is 48.5 Å². The second-order valence-corrected chi connectivity index (χ2v) is 8.47. The molecule has 2 aliphatic rings. The molecule has 1 aliphatic heterocycles. The van der Waals surface area contributed by atoms with E-state index in [1.807, 2.05) is 24.3 Å². The smallest absolute Gasteiger partial charge is 0.255 e. The summed E-state index contributed by atoms with van der Waals surface area (Å²) in [6.07, 6.45) is 5.13. The fourth-order valence-electron chi connectivity index (χ4n) is 3.78. The zero-order valence-corrected chi connectivity index (χ0v) is 18.9. The van der Waals surface area contributed by atoms with Gasteiger partial charge in [0.25, 0.3) is 5.91 Å². The van der Waals surface area contributed by atoms with Crippen molar-refractivity contribution in [2.24, 2.45) is 5.41 Å². The summed E-state index contributed by atoms with van der Waals surface area (Å²) in [6, 6.07) is 14.6. The summed E-state index contributed by atoms with van der Waals surface area (Å²) in [6.45, 7) is 5.84. The molecule has 0 aromatic heterocycles. The molecule has 4 rings (SSSR count). The molecule has 0 radical (unpaired) electrons. The number of hydrogen-bond acceptors (Lipinski definition) is 4. The molecule has 1 aliphatic carbocycles. The maximum Gasteiger partial charge on any atom is 0.255 e. The fourth-order valence-corrected chi connectivity index (χ4v) is 3.78. The Kier molecular flexibility index (Phi) is 8.42. The Bertz CT molecular complexity index is 833. The van der Waals surface area contributed by atoms with Crippen LogP contribution in [0.3, 0.4) is 0 Å². The predicted molar refractivity (Wildman–Crippen MR) is 127 cm³/mol. The molecule has 7 heteroatoms. The number of carbonyl (C=O) groups is 1. The number of nitrogens with one attached hydrogen (secondary N) is 1. The van der Waals surface area contributed by atoms with E-state index in [-0.39, 0.29) is 36.8 Å². The largest absolute Gasteiger partial charge is 0.490 e. The number of para-hydroxylation sites is 2. The van der Waals surface area contributed by atoms with E-state index >= 15 is 0 Å². The predicted octanol–water partition coefficient (Wildman–Crippen LogP) is 5.01. The zero-order chi connectivity index (χ0) is 19.6. The minimum Gasteiger partial charge on any atom is -0.490 e. The molecule has 2 fully saturated rings. The van der Waals surface area contributed by atoms with Crippen LogP contribution in [0.5, 0.6) is 5.75 Å². The second kappa shape index (κ2) is 10.4. The topological polar surface area (TPSA) is 67.6 Å². The van der Waals surface area contributed by atoms with Crippen molar-refractivity contribution in [3.63, 3.8) is 0 Å². The SMILES string of the molecule is CC1(CN2CCC(Oc3ccc(C(=O)Nc4ccccc4N)cc3)CC2)CC1.Cl.Cl. The Labute approximate surface area is 191 Å². The Morgan fingerprint density at radius 2 is 1.73 bits per heavy atom. The van der Waals surface area contributed by atoms with E-state index in [0.717, 1.165) is 31.7 Å². The van der Waals surface area contributed by atoms with E-state index < -0.39 is 0 Å². The third kappa shape index (κ3) is 6.27. The van der Waals surface area contributed by atoms with Gasteiger partial charge in [0.15, 0.2) is 0 Å². The van der Waals surface area contributed by atoms with Crippen LogP contribution in [0.1, 0.15) is 43.0 Å². The minimum absolute atomic E-state index is 0. The van der Waals surface area contributed by atoms with Crippen LogP contribution in [0.2, 0.25) is 0 Å². The van der Waals surface area contributed by atoms with Crippen molar-refractivity contribution in [3.05, 3.63) is 54.1 Å². The van der Waals surface area contributed by atoms with E-state index in [0.29, 0.717) is 22.4 Å². The highest BCUT2D eigenvalue weighted by Crippen LogP contribution is 2.45. The molecular weight excluding hydrogens is 421 g/mol. The Hall–Kier alpha value is -1.95. The first kappa shape index (κ1) is 24.3. The van der Waals surface area contributed by atoms with Crippen LogP contribution in [0.25, 0.3) is 0 Å². The van der Waals surface area contributed by atoms with Crippen LogP contribution >= 0.6 is 24.8 Å². The lowest BCUT2D eigenvalue weighted by atomic mass is 10.0. The number of halogens is 2. The standard InChI is InChI=1S/C23H29N3O2.2ClH/c1-23(12-13-23)16-26-14-10-19(11-15-26)28-18-8-6-17(7-9-18)22(27)25-21-5-3-2-4-20(21)24;;/h2-9,19H,10-16,24H2,1H3,(H,25,27);2*1H. The van der Waals surface area contributed by atoms with E-state index in [1.165, 1.54) is 19.4 Å². The van der Waals surface area contributed by atoms with Crippen molar-refractivity contribution in [3.8, 4) is 5.75 Å². The van der Waals surface area contributed by atoms with Gasteiger partial charge in [-0.25, -0.2) is 0 Å². The summed E-state index contributed by atoms with van der Waals surface area (Å²) in [7, 11) is 0. The number of carbonyl (C=O) groups excluding carboxylic acids is 1. The normalized spacial score (nSPS) is 17.9. The van der Waals surface area contributed by atoms with E-state index in [4.69, 9.17) is 10.5 Å². The van der Waals surface area contributed by atoms with Crippen LogP contribution in [-0.4, -0.2) is 36.5 Å². The van der Waals surface area contributed by atoms with Crippen molar-refractivity contribution >= 4 is 42.1 Å². The van der Waals surface area contributed by atoms with Gasteiger partial charge in [0, 0.05) is 25.2 Å². The second-order valence-electron chi connectivity index (χ2n) is 8.47. The number of rotatable bonds is 6. The molecule has 0 spiro atoms. The van der Waals surface area contributed by atoms with Crippen molar-refractivity contribution < 1.29 is 9.53 Å². The van der Waals surface area contributed by atoms with E-state index in [9.17, 15) is 4.79 Å². The quantitative estimate of drug-likeness (QED) is 0.605. The molecule has 0 bridgehead atoms. The number of piperidine rings is 1. The summed E-state index contributed by atoms with van der Waals surface area (Å²) in [5.74, 6) is 0.648. The first-order chi connectivity index (χ1) is 13.5. The number of ether oxygens (including phenoxy) is 1. The van der Waals surface area contributed by atoms with E-state index in [2.05, 4.69) is 17.1 Å². The summed E-state index contributed by atoms with van der Waals surface area (Å²) in [5, 5.41) is 2.85. The summed E-state index contributed by atoms with van der Waals surface area (Å²) in [5.41, 5.74) is 8.23. The average molecular weight is 452 g/mol. The van der Waals surface area contributed by atoms with Crippen LogP contribution in [0.4, 0.5) is 11.4 Å². The highest BCUT2D eigenvalue weighted by Gasteiger charge is 2.39. The molecule has 164 valence electrons. The molecule has 0 unspecified atom stereocenters. The van der Waals surface area contributed by atoms with Gasteiger partial charge >= 0.3 is 0 Å². The number of benzene rings is 2. The third-order valence-electron chi connectivity index (χ3n) is 5.87. The molecule has 1 amide bonds. The van der Waals surface area contributed by atoms with Crippen molar-refractivity contribution in [1.82, 2.24) is 4.90 Å². The number of likely N-dealkylation sites (tertiary alicyclic amines) is 1. The Morgan fingerprint density at radius 3 is 2.33 bits per heavy atom. The lowest BCUT2D eigenvalue weighted by Crippen LogP contribution is -2.40. The molecule has 5 nitrogen and oxygen atoms in total. The van der Waals surface area contributed by atoms with Gasteiger partial charge in [-0.2, -0.15) is 0 Å². The van der Waals surface area contributed by atoms with Crippen molar-refractivity contribution in [2.45, 2.75) is 38.7 Å². The van der Waals surface area contributed by atoms with Crippen LogP contribution < -0.4 is 15.8 Å². The van der Waals surface area contributed by atoms with Crippen molar-refractivity contribution in [2.75, 3.05) is 30.7 Å². The average Bonchev–Trinajstić information content (AvgIpc) is 3.42. The molecule has 3 N–H and O–H groups in total. The molecule has 1 saturated heterocycles. The zero-order valence-electron chi connectivity index (χ0n) is 17.3.